The number of aryl methyl sites for hydroxylation is 1. The van der Waals surface area contributed by atoms with Crippen LogP contribution in [0.15, 0.2) is 72.8 Å². The molecule has 0 bridgehead atoms. The molecule has 0 saturated carbocycles. The van der Waals surface area contributed by atoms with Crippen molar-refractivity contribution in [3.63, 3.8) is 0 Å². The third-order valence-corrected chi connectivity index (χ3v) is 4.89. The number of esters is 1. The number of halogens is 1. The van der Waals surface area contributed by atoms with E-state index in [-0.39, 0.29) is 18.4 Å². The Morgan fingerprint density at radius 1 is 0.938 bits per heavy atom. The highest BCUT2D eigenvalue weighted by Gasteiger charge is 2.11. The van der Waals surface area contributed by atoms with Gasteiger partial charge in [-0.15, -0.1) is 0 Å². The number of hydrogen-bond donors (Lipinski definition) is 2. The van der Waals surface area contributed by atoms with E-state index in [4.69, 9.17) is 16.3 Å². The predicted molar refractivity (Wildman–Crippen MR) is 124 cm³/mol. The number of amides is 2. The van der Waals surface area contributed by atoms with Crippen molar-refractivity contribution in [1.29, 1.82) is 0 Å². The van der Waals surface area contributed by atoms with Crippen LogP contribution in [0.25, 0.3) is 0 Å². The fraction of sp³-hybridized carbons (Fsp3) is 0.160. The Labute approximate surface area is 191 Å². The summed E-state index contributed by atoms with van der Waals surface area (Å²) in [5.74, 6) is -0.586. The highest BCUT2D eigenvalue weighted by Crippen LogP contribution is 2.18. The first kappa shape index (κ1) is 23.0. The molecule has 0 aromatic heterocycles. The molecule has 0 spiro atoms. The van der Waals surface area contributed by atoms with Crippen LogP contribution in [-0.4, -0.2) is 17.8 Å². The second-order valence-corrected chi connectivity index (χ2v) is 7.57. The smallest absolute Gasteiger partial charge is 0.308 e. The third kappa shape index (κ3) is 6.96. The van der Waals surface area contributed by atoms with Crippen LogP contribution in [0.5, 0.6) is 5.75 Å². The van der Waals surface area contributed by atoms with Gasteiger partial charge in [0.1, 0.15) is 5.75 Å². The zero-order chi connectivity index (χ0) is 22.9. The van der Waals surface area contributed by atoms with E-state index >= 15 is 0 Å². The number of benzene rings is 3. The van der Waals surface area contributed by atoms with Crippen LogP contribution < -0.4 is 15.4 Å². The van der Waals surface area contributed by atoms with Crippen molar-refractivity contribution in [1.82, 2.24) is 5.32 Å². The maximum absolute atomic E-state index is 12.5. The van der Waals surface area contributed by atoms with Crippen molar-refractivity contribution in [3.8, 4) is 5.75 Å². The molecule has 0 aliphatic carbocycles. The van der Waals surface area contributed by atoms with Gasteiger partial charge in [0.2, 0.25) is 5.91 Å². The van der Waals surface area contributed by atoms with Crippen molar-refractivity contribution in [2.24, 2.45) is 0 Å². The Kier molecular flexibility index (Phi) is 8.00. The number of anilines is 1. The predicted octanol–water partition coefficient (Wildman–Crippen LogP) is 4.77. The molecule has 0 aliphatic heterocycles. The lowest BCUT2D eigenvalue weighted by molar-refractivity contribution is -0.131. The molecule has 3 aromatic rings. The average molecular weight is 451 g/mol. The van der Waals surface area contributed by atoms with E-state index in [1.54, 1.807) is 36.4 Å². The summed E-state index contributed by atoms with van der Waals surface area (Å²) in [6.07, 6.45) is 0.922. The number of nitrogens with one attached hydrogen (secondary N) is 2. The fourth-order valence-electron chi connectivity index (χ4n) is 3.06. The lowest BCUT2D eigenvalue weighted by atomic mass is 10.1. The molecule has 6 nitrogen and oxygen atoms in total. The molecule has 0 saturated heterocycles. The van der Waals surface area contributed by atoms with E-state index in [0.717, 1.165) is 11.1 Å². The minimum atomic E-state index is -0.455. The van der Waals surface area contributed by atoms with Crippen LogP contribution in [0.1, 0.15) is 34.8 Å². The Balaban J connectivity index is 1.57. The summed E-state index contributed by atoms with van der Waals surface area (Å²) in [6, 6.07) is 21.1. The first-order chi connectivity index (χ1) is 15.4. The van der Waals surface area contributed by atoms with Crippen LogP contribution in [-0.2, 0) is 22.6 Å². The summed E-state index contributed by atoms with van der Waals surface area (Å²) in [4.78, 5) is 36.1. The monoisotopic (exact) mass is 450 g/mol. The number of ether oxygens (including phenoxy) is 1. The van der Waals surface area contributed by atoms with Gasteiger partial charge in [-0.2, -0.15) is 0 Å². The van der Waals surface area contributed by atoms with Gasteiger partial charge in [0, 0.05) is 36.2 Å². The fourth-order valence-corrected chi connectivity index (χ4v) is 3.19. The summed E-state index contributed by atoms with van der Waals surface area (Å²) >= 11 is 5.89. The highest BCUT2D eigenvalue weighted by molar-refractivity contribution is 6.30. The van der Waals surface area contributed by atoms with Crippen molar-refractivity contribution < 1.29 is 19.1 Å². The highest BCUT2D eigenvalue weighted by atomic mass is 35.5. The van der Waals surface area contributed by atoms with E-state index in [9.17, 15) is 14.4 Å². The molecule has 164 valence electrons. The van der Waals surface area contributed by atoms with Gasteiger partial charge in [-0.1, -0.05) is 48.0 Å². The number of carbonyl (C=O) groups is 3. The number of rotatable bonds is 8. The van der Waals surface area contributed by atoms with E-state index < -0.39 is 5.97 Å². The Hall–Kier alpha value is -3.64. The largest absolute Gasteiger partial charge is 0.427 e. The molecule has 32 heavy (non-hydrogen) atoms. The van der Waals surface area contributed by atoms with Gasteiger partial charge < -0.3 is 15.4 Å². The lowest BCUT2D eigenvalue weighted by Crippen LogP contribution is -2.24. The van der Waals surface area contributed by atoms with Crippen LogP contribution in [0.2, 0.25) is 5.02 Å². The van der Waals surface area contributed by atoms with Crippen LogP contribution in [0.4, 0.5) is 5.69 Å². The van der Waals surface area contributed by atoms with Crippen LogP contribution in [0, 0.1) is 0 Å². The van der Waals surface area contributed by atoms with Crippen molar-refractivity contribution in [2.45, 2.75) is 26.3 Å². The van der Waals surface area contributed by atoms with E-state index in [2.05, 4.69) is 10.6 Å². The molecule has 0 aliphatic rings. The average Bonchev–Trinajstić information content (AvgIpc) is 2.77. The quantitative estimate of drug-likeness (QED) is 0.382. The zero-order valence-corrected chi connectivity index (χ0v) is 18.3. The molecule has 3 rings (SSSR count). The topological polar surface area (TPSA) is 84.5 Å². The maximum Gasteiger partial charge on any atom is 0.308 e. The van der Waals surface area contributed by atoms with E-state index in [1.807, 2.05) is 30.3 Å². The first-order valence-corrected chi connectivity index (χ1v) is 10.5. The standard InChI is InChI=1S/C25H23ClN2O4/c1-17(29)32-22-7-4-6-19(15-22)25(31)27-16-20-5-2-3-8-23(20)28-24(30)14-11-18-9-12-21(26)13-10-18/h2-10,12-13,15H,11,14,16H2,1H3,(H,27,31)(H,28,30). The van der Waals surface area contributed by atoms with Crippen molar-refractivity contribution in [3.05, 3.63) is 94.5 Å². The SMILES string of the molecule is CC(=O)Oc1cccc(C(=O)NCc2ccccc2NC(=O)CCc2ccc(Cl)cc2)c1. The molecule has 0 radical (unpaired) electrons. The summed E-state index contributed by atoms with van der Waals surface area (Å²) in [5.41, 5.74) is 2.81. The van der Waals surface area contributed by atoms with E-state index in [1.165, 1.54) is 13.0 Å². The first-order valence-electron chi connectivity index (χ1n) is 10.1. The summed E-state index contributed by atoms with van der Waals surface area (Å²) < 4.78 is 5.02. The van der Waals surface area contributed by atoms with Gasteiger partial charge in [-0.3, -0.25) is 14.4 Å². The normalized spacial score (nSPS) is 10.3. The van der Waals surface area contributed by atoms with Crippen LogP contribution >= 0.6 is 11.6 Å². The summed E-state index contributed by atoms with van der Waals surface area (Å²) in [5, 5.41) is 6.40. The molecule has 0 heterocycles. The molecular weight excluding hydrogens is 428 g/mol. The van der Waals surface area contributed by atoms with Gasteiger partial charge in [0.15, 0.2) is 0 Å². The maximum atomic E-state index is 12.5. The van der Waals surface area contributed by atoms with E-state index in [0.29, 0.717) is 34.9 Å². The Morgan fingerprint density at radius 2 is 1.69 bits per heavy atom. The van der Waals surface area contributed by atoms with Crippen molar-refractivity contribution >= 4 is 35.1 Å². The minimum Gasteiger partial charge on any atom is -0.427 e. The second-order valence-electron chi connectivity index (χ2n) is 7.14. The lowest BCUT2D eigenvalue weighted by Gasteiger charge is -2.12. The molecule has 3 aromatic carbocycles. The number of hydrogen-bond acceptors (Lipinski definition) is 4. The molecular formula is C25H23ClN2O4. The Morgan fingerprint density at radius 3 is 2.44 bits per heavy atom. The second kappa shape index (κ2) is 11.1. The van der Waals surface area contributed by atoms with Gasteiger partial charge in [-0.05, 0) is 53.9 Å². The summed E-state index contributed by atoms with van der Waals surface area (Å²) in [6.45, 7) is 1.53. The molecule has 0 atom stereocenters. The summed E-state index contributed by atoms with van der Waals surface area (Å²) in [7, 11) is 0. The van der Waals surface area contributed by atoms with Gasteiger partial charge in [-0.25, -0.2) is 0 Å². The van der Waals surface area contributed by atoms with Crippen LogP contribution in [0.3, 0.4) is 0 Å². The molecule has 0 unspecified atom stereocenters. The molecule has 7 heteroatoms. The number of carbonyl (C=O) groups excluding carboxylic acids is 3. The van der Waals surface area contributed by atoms with Gasteiger partial charge >= 0.3 is 5.97 Å². The number of para-hydroxylation sites is 1. The molecule has 2 amide bonds. The molecule has 2 N–H and O–H groups in total. The van der Waals surface area contributed by atoms with Crippen molar-refractivity contribution in [2.75, 3.05) is 5.32 Å². The van der Waals surface area contributed by atoms with Gasteiger partial charge in [0.05, 0.1) is 0 Å². The Bertz CT molecular complexity index is 1110. The minimum absolute atomic E-state index is 0.118. The van der Waals surface area contributed by atoms with Gasteiger partial charge in [0.25, 0.3) is 5.91 Å². The zero-order valence-electron chi connectivity index (χ0n) is 17.6. The molecule has 0 fully saturated rings. The third-order valence-electron chi connectivity index (χ3n) is 4.64.